The average Bonchev–Trinajstić information content (AvgIpc) is 2.67. The summed E-state index contributed by atoms with van der Waals surface area (Å²) in [6.07, 6.45) is 0.345. The molecule has 0 aromatic heterocycles. The van der Waals surface area contributed by atoms with Crippen molar-refractivity contribution in [3.05, 3.63) is 65.5 Å². The van der Waals surface area contributed by atoms with Crippen LogP contribution in [-0.2, 0) is 9.53 Å². The molecular formula is C20H22FNO3. The number of hydrogen-bond donors (Lipinski definition) is 0. The summed E-state index contributed by atoms with van der Waals surface area (Å²) in [4.78, 5) is 14.6. The number of halogens is 1. The van der Waals surface area contributed by atoms with Gasteiger partial charge in [0, 0.05) is 25.4 Å². The molecule has 1 aliphatic heterocycles. The molecule has 1 amide bonds. The Balaban J connectivity index is 1.85. The van der Waals surface area contributed by atoms with E-state index in [9.17, 15) is 9.18 Å². The number of carbonyl (C=O) groups is 1. The van der Waals surface area contributed by atoms with E-state index >= 15 is 0 Å². The minimum atomic E-state index is -0.281. The minimum Gasteiger partial charge on any atom is -0.497 e. The van der Waals surface area contributed by atoms with Crippen LogP contribution in [-0.4, -0.2) is 44.2 Å². The quantitative estimate of drug-likeness (QED) is 0.837. The van der Waals surface area contributed by atoms with E-state index in [1.54, 1.807) is 19.2 Å². The van der Waals surface area contributed by atoms with E-state index in [1.807, 2.05) is 29.2 Å². The van der Waals surface area contributed by atoms with E-state index in [0.717, 1.165) is 16.9 Å². The van der Waals surface area contributed by atoms with Crippen molar-refractivity contribution in [2.45, 2.75) is 12.3 Å². The van der Waals surface area contributed by atoms with E-state index in [1.165, 1.54) is 12.1 Å². The highest BCUT2D eigenvalue weighted by molar-refractivity contribution is 5.78. The van der Waals surface area contributed by atoms with E-state index < -0.39 is 0 Å². The zero-order valence-corrected chi connectivity index (χ0v) is 14.3. The SMILES string of the molecule is COc1ccc([C@H](CC(=O)N2CCOCC2)c2ccc(F)cc2)cc1. The van der Waals surface area contributed by atoms with Gasteiger partial charge in [0.05, 0.1) is 20.3 Å². The summed E-state index contributed by atoms with van der Waals surface area (Å²) in [6, 6.07) is 14.0. The Kier molecular flexibility index (Phi) is 5.66. The van der Waals surface area contributed by atoms with Gasteiger partial charge in [-0.15, -0.1) is 0 Å². The monoisotopic (exact) mass is 343 g/mol. The molecule has 1 atom stereocenters. The van der Waals surface area contributed by atoms with Gasteiger partial charge in [-0.05, 0) is 35.4 Å². The Bertz CT molecular complexity index is 694. The van der Waals surface area contributed by atoms with Crippen molar-refractivity contribution in [2.24, 2.45) is 0 Å². The summed E-state index contributed by atoms with van der Waals surface area (Å²) in [7, 11) is 1.62. The maximum absolute atomic E-state index is 13.3. The van der Waals surface area contributed by atoms with Crippen molar-refractivity contribution in [2.75, 3.05) is 33.4 Å². The van der Waals surface area contributed by atoms with Crippen molar-refractivity contribution < 1.29 is 18.7 Å². The number of methoxy groups -OCH3 is 1. The Morgan fingerprint density at radius 2 is 1.64 bits per heavy atom. The molecule has 25 heavy (non-hydrogen) atoms. The van der Waals surface area contributed by atoms with Gasteiger partial charge in [-0.25, -0.2) is 4.39 Å². The summed E-state index contributed by atoms with van der Waals surface area (Å²) in [5, 5.41) is 0. The molecule has 1 heterocycles. The normalized spacial score (nSPS) is 15.7. The van der Waals surface area contributed by atoms with Gasteiger partial charge in [0.2, 0.25) is 5.91 Å². The molecule has 5 heteroatoms. The first-order chi connectivity index (χ1) is 12.2. The van der Waals surface area contributed by atoms with Crippen LogP contribution in [0.3, 0.4) is 0 Å². The Hall–Kier alpha value is -2.40. The molecule has 132 valence electrons. The molecule has 0 saturated carbocycles. The van der Waals surface area contributed by atoms with Crippen molar-refractivity contribution >= 4 is 5.91 Å². The lowest BCUT2D eigenvalue weighted by atomic mass is 9.88. The van der Waals surface area contributed by atoms with E-state index in [-0.39, 0.29) is 17.6 Å². The molecule has 0 spiro atoms. The van der Waals surface area contributed by atoms with Gasteiger partial charge in [0.15, 0.2) is 0 Å². The fourth-order valence-electron chi connectivity index (χ4n) is 3.08. The molecule has 1 aliphatic rings. The number of benzene rings is 2. The van der Waals surface area contributed by atoms with Gasteiger partial charge in [-0.1, -0.05) is 24.3 Å². The molecular weight excluding hydrogens is 321 g/mol. The predicted molar refractivity (Wildman–Crippen MR) is 93.3 cm³/mol. The van der Waals surface area contributed by atoms with E-state index in [0.29, 0.717) is 32.7 Å². The van der Waals surface area contributed by atoms with Gasteiger partial charge >= 0.3 is 0 Å². The van der Waals surface area contributed by atoms with Crippen LogP contribution in [0.25, 0.3) is 0 Å². The maximum Gasteiger partial charge on any atom is 0.223 e. The Labute approximate surface area is 147 Å². The van der Waals surface area contributed by atoms with E-state index in [2.05, 4.69) is 0 Å². The Morgan fingerprint density at radius 1 is 1.08 bits per heavy atom. The summed E-state index contributed by atoms with van der Waals surface area (Å²) in [6.45, 7) is 2.40. The van der Waals surface area contributed by atoms with Gasteiger partial charge in [-0.3, -0.25) is 4.79 Å². The predicted octanol–water partition coefficient (Wildman–Crippen LogP) is 3.22. The molecule has 0 N–H and O–H groups in total. The highest BCUT2D eigenvalue weighted by atomic mass is 19.1. The van der Waals surface area contributed by atoms with Crippen LogP contribution >= 0.6 is 0 Å². The summed E-state index contributed by atoms with van der Waals surface area (Å²) in [5.74, 6) is 0.452. The van der Waals surface area contributed by atoms with E-state index in [4.69, 9.17) is 9.47 Å². The van der Waals surface area contributed by atoms with Gasteiger partial charge in [-0.2, -0.15) is 0 Å². The highest BCUT2D eigenvalue weighted by Gasteiger charge is 2.23. The number of ether oxygens (including phenoxy) is 2. The molecule has 2 aromatic rings. The van der Waals surface area contributed by atoms with Gasteiger partial charge in [0.25, 0.3) is 0 Å². The zero-order valence-electron chi connectivity index (χ0n) is 14.3. The third-order valence-electron chi connectivity index (χ3n) is 4.53. The standard InChI is InChI=1S/C20H22FNO3/c1-24-18-8-4-16(5-9-18)19(15-2-6-17(21)7-3-15)14-20(23)22-10-12-25-13-11-22/h2-9,19H,10-14H2,1H3/t19-/m1/s1. The molecule has 0 aliphatic carbocycles. The zero-order chi connectivity index (χ0) is 17.6. The van der Waals surface area contributed by atoms with Crippen molar-refractivity contribution in [3.8, 4) is 5.75 Å². The first-order valence-electron chi connectivity index (χ1n) is 8.42. The average molecular weight is 343 g/mol. The number of carbonyl (C=O) groups excluding carboxylic acids is 1. The number of nitrogens with zero attached hydrogens (tertiary/aromatic N) is 1. The fraction of sp³-hybridized carbons (Fsp3) is 0.350. The minimum absolute atomic E-state index is 0.0912. The van der Waals surface area contributed by atoms with Crippen molar-refractivity contribution in [1.29, 1.82) is 0 Å². The van der Waals surface area contributed by atoms with Gasteiger partial charge in [0.1, 0.15) is 11.6 Å². The van der Waals surface area contributed by atoms with Crippen LogP contribution in [0.5, 0.6) is 5.75 Å². The topological polar surface area (TPSA) is 38.8 Å². The van der Waals surface area contributed by atoms with Crippen LogP contribution in [0, 0.1) is 5.82 Å². The summed E-state index contributed by atoms with van der Waals surface area (Å²) >= 11 is 0. The van der Waals surface area contributed by atoms with Crippen LogP contribution in [0.2, 0.25) is 0 Å². The smallest absolute Gasteiger partial charge is 0.223 e. The maximum atomic E-state index is 13.3. The molecule has 0 unspecified atom stereocenters. The second-order valence-electron chi connectivity index (χ2n) is 6.07. The van der Waals surface area contributed by atoms with Crippen LogP contribution in [0.4, 0.5) is 4.39 Å². The largest absolute Gasteiger partial charge is 0.497 e. The van der Waals surface area contributed by atoms with Crippen molar-refractivity contribution in [1.82, 2.24) is 4.90 Å². The lowest BCUT2D eigenvalue weighted by Gasteiger charge is -2.29. The molecule has 1 saturated heterocycles. The lowest BCUT2D eigenvalue weighted by molar-refractivity contribution is -0.135. The summed E-state index contributed by atoms with van der Waals surface area (Å²) in [5.41, 5.74) is 1.93. The molecule has 2 aromatic carbocycles. The second-order valence-corrected chi connectivity index (χ2v) is 6.07. The lowest BCUT2D eigenvalue weighted by Crippen LogP contribution is -2.41. The van der Waals surface area contributed by atoms with Gasteiger partial charge < -0.3 is 14.4 Å². The third kappa shape index (κ3) is 4.37. The first kappa shape index (κ1) is 17.4. The Morgan fingerprint density at radius 3 is 2.20 bits per heavy atom. The second kappa shape index (κ2) is 8.12. The molecule has 3 rings (SSSR count). The van der Waals surface area contributed by atoms with Crippen LogP contribution < -0.4 is 4.74 Å². The number of amides is 1. The molecule has 1 fully saturated rings. The number of hydrogen-bond acceptors (Lipinski definition) is 3. The highest BCUT2D eigenvalue weighted by Crippen LogP contribution is 2.30. The number of morpholine rings is 1. The van der Waals surface area contributed by atoms with Crippen molar-refractivity contribution in [3.63, 3.8) is 0 Å². The first-order valence-corrected chi connectivity index (χ1v) is 8.42. The van der Waals surface area contributed by atoms with Crippen LogP contribution in [0.1, 0.15) is 23.5 Å². The number of rotatable bonds is 5. The molecule has 0 radical (unpaired) electrons. The summed E-state index contributed by atoms with van der Waals surface area (Å²) < 4.78 is 23.8. The molecule has 0 bridgehead atoms. The molecule has 4 nitrogen and oxygen atoms in total. The van der Waals surface area contributed by atoms with Crippen LogP contribution in [0.15, 0.2) is 48.5 Å². The fourth-order valence-corrected chi connectivity index (χ4v) is 3.08. The third-order valence-corrected chi connectivity index (χ3v) is 4.53.